The smallest absolute Gasteiger partial charge is 0.413 e. The van der Waals surface area contributed by atoms with Crippen LogP contribution in [0.15, 0.2) is 0 Å². The van der Waals surface area contributed by atoms with Gasteiger partial charge >= 0.3 is 6.09 Å². The van der Waals surface area contributed by atoms with E-state index in [1.165, 1.54) is 6.42 Å². The van der Waals surface area contributed by atoms with Gasteiger partial charge in [0.15, 0.2) is 0 Å². The van der Waals surface area contributed by atoms with Crippen molar-refractivity contribution in [3.8, 4) is 0 Å². The van der Waals surface area contributed by atoms with Crippen LogP contribution in [0.4, 0.5) is 4.79 Å². The summed E-state index contributed by atoms with van der Waals surface area (Å²) >= 11 is 0. The Kier molecular flexibility index (Phi) is 5.63. The van der Waals surface area contributed by atoms with Crippen molar-refractivity contribution in [1.29, 1.82) is 0 Å². The van der Waals surface area contributed by atoms with Crippen LogP contribution in [-0.2, 0) is 9.53 Å². The third kappa shape index (κ3) is 4.00. The van der Waals surface area contributed by atoms with Crippen molar-refractivity contribution in [1.82, 2.24) is 5.32 Å². The zero-order valence-electron chi connectivity index (χ0n) is 11.9. The molecule has 104 valence electrons. The van der Waals surface area contributed by atoms with Crippen LogP contribution >= 0.6 is 0 Å². The van der Waals surface area contributed by atoms with E-state index in [2.05, 4.69) is 26.1 Å². The summed E-state index contributed by atoms with van der Waals surface area (Å²) in [6.07, 6.45) is 2.49. The molecule has 1 aliphatic rings. The summed E-state index contributed by atoms with van der Waals surface area (Å²) in [6.45, 7) is 8.47. The number of hydrogen-bond donors (Lipinski definition) is 1. The number of nitrogens with one attached hydrogen (secondary N) is 1. The van der Waals surface area contributed by atoms with Gasteiger partial charge in [-0.05, 0) is 37.5 Å². The highest BCUT2D eigenvalue weighted by Crippen LogP contribution is 2.38. The molecular weight excluding hydrogens is 230 g/mol. The predicted octanol–water partition coefficient (Wildman–Crippen LogP) is 2.97. The zero-order valence-corrected chi connectivity index (χ0v) is 11.9. The second-order valence-corrected chi connectivity index (χ2v) is 5.64. The van der Waals surface area contributed by atoms with Gasteiger partial charge in [0.1, 0.15) is 0 Å². The molecule has 0 heterocycles. The maximum atomic E-state index is 12.1. The summed E-state index contributed by atoms with van der Waals surface area (Å²) in [5.74, 6) is 1.17. The topological polar surface area (TPSA) is 55.4 Å². The third-order valence-electron chi connectivity index (χ3n) is 3.86. The molecule has 0 spiro atoms. The molecule has 2 amide bonds. The number of alkyl carbamates (subject to hydrolysis) is 1. The molecular formula is C14H25NO3. The first-order valence-corrected chi connectivity index (χ1v) is 6.93. The van der Waals surface area contributed by atoms with Crippen molar-refractivity contribution in [3.63, 3.8) is 0 Å². The Morgan fingerprint density at radius 1 is 1.33 bits per heavy atom. The molecule has 0 radical (unpaired) electrons. The van der Waals surface area contributed by atoms with E-state index in [0.717, 1.165) is 12.8 Å². The summed E-state index contributed by atoms with van der Waals surface area (Å²) in [7, 11) is 0. The first-order valence-electron chi connectivity index (χ1n) is 6.93. The molecule has 0 aromatic heterocycles. The molecule has 0 aromatic rings. The third-order valence-corrected chi connectivity index (χ3v) is 3.86. The van der Waals surface area contributed by atoms with E-state index in [-0.39, 0.29) is 18.4 Å². The average Bonchev–Trinajstić information content (AvgIpc) is 2.28. The fraction of sp³-hybridized carbons (Fsp3) is 0.857. The molecule has 0 aliphatic heterocycles. The summed E-state index contributed by atoms with van der Waals surface area (Å²) in [4.78, 5) is 23.4. The second-order valence-electron chi connectivity index (χ2n) is 5.64. The average molecular weight is 255 g/mol. The van der Waals surface area contributed by atoms with Crippen LogP contribution in [0, 0.1) is 23.7 Å². The predicted molar refractivity (Wildman–Crippen MR) is 70.0 cm³/mol. The van der Waals surface area contributed by atoms with E-state index in [1.807, 2.05) is 0 Å². The minimum Gasteiger partial charge on any atom is -0.450 e. The van der Waals surface area contributed by atoms with Crippen molar-refractivity contribution in [2.45, 2.75) is 47.0 Å². The van der Waals surface area contributed by atoms with Crippen molar-refractivity contribution < 1.29 is 14.3 Å². The van der Waals surface area contributed by atoms with Gasteiger partial charge in [0, 0.05) is 5.92 Å². The van der Waals surface area contributed by atoms with Gasteiger partial charge in [0.05, 0.1) is 6.61 Å². The molecule has 4 nitrogen and oxygen atoms in total. The molecule has 1 fully saturated rings. The zero-order chi connectivity index (χ0) is 13.7. The van der Waals surface area contributed by atoms with Crippen LogP contribution < -0.4 is 5.32 Å². The Bertz CT molecular complexity index is 301. The number of amides is 2. The van der Waals surface area contributed by atoms with Gasteiger partial charge < -0.3 is 4.74 Å². The molecule has 3 unspecified atom stereocenters. The highest BCUT2D eigenvalue weighted by molar-refractivity contribution is 5.93. The first-order chi connectivity index (χ1) is 8.45. The highest BCUT2D eigenvalue weighted by atomic mass is 16.5. The Labute approximate surface area is 109 Å². The second kappa shape index (κ2) is 6.76. The number of carbonyl (C=O) groups excluding carboxylic acids is 2. The lowest BCUT2D eigenvalue weighted by Gasteiger charge is -2.36. The lowest BCUT2D eigenvalue weighted by molar-refractivity contribution is -0.128. The van der Waals surface area contributed by atoms with Crippen LogP contribution in [0.1, 0.15) is 47.0 Å². The van der Waals surface area contributed by atoms with Crippen molar-refractivity contribution in [2.24, 2.45) is 23.7 Å². The summed E-state index contributed by atoms with van der Waals surface area (Å²) in [5.41, 5.74) is 0. The molecule has 1 N–H and O–H groups in total. The van der Waals surface area contributed by atoms with E-state index in [9.17, 15) is 9.59 Å². The van der Waals surface area contributed by atoms with Crippen LogP contribution in [0.3, 0.4) is 0 Å². The minimum absolute atomic E-state index is 0.0573. The van der Waals surface area contributed by atoms with Gasteiger partial charge in [-0.2, -0.15) is 0 Å². The molecule has 1 saturated carbocycles. The van der Waals surface area contributed by atoms with Crippen molar-refractivity contribution in [2.75, 3.05) is 6.61 Å². The van der Waals surface area contributed by atoms with Crippen LogP contribution in [0.2, 0.25) is 0 Å². The van der Waals surface area contributed by atoms with Gasteiger partial charge in [-0.3, -0.25) is 10.1 Å². The molecule has 0 bridgehead atoms. The van der Waals surface area contributed by atoms with Crippen LogP contribution in [0.25, 0.3) is 0 Å². The van der Waals surface area contributed by atoms with Crippen LogP contribution in [-0.4, -0.2) is 18.6 Å². The molecule has 18 heavy (non-hydrogen) atoms. The Morgan fingerprint density at radius 2 is 2.00 bits per heavy atom. The van der Waals surface area contributed by atoms with Gasteiger partial charge in [-0.1, -0.05) is 27.2 Å². The van der Waals surface area contributed by atoms with Crippen LogP contribution in [0.5, 0.6) is 0 Å². The SMILES string of the molecule is CCOC(=O)NC(=O)C1CC(C)CCC1C(C)C. The van der Waals surface area contributed by atoms with Crippen molar-refractivity contribution in [3.05, 3.63) is 0 Å². The normalized spacial score (nSPS) is 27.9. The highest BCUT2D eigenvalue weighted by Gasteiger charge is 2.36. The molecule has 1 rings (SSSR count). The maximum absolute atomic E-state index is 12.1. The monoisotopic (exact) mass is 255 g/mol. The number of hydrogen-bond acceptors (Lipinski definition) is 3. The summed E-state index contributed by atoms with van der Waals surface area (Å²) in [5, 5.41) is 2.36. The number of imide groups is 1. The van der Waals surface area contributed by atoms with E-state index >= 15 is 0 Å². The summed E-state index contributed by atoms with van der Waals surface area (Å²) < 4.78 is 4.76. The van der Waals surface area contributed by atoms with E-state index < -0.39 is 6.09 Å². The lowest BCUT2D eigenvalue weighted by atomic mass is 9.70. The van der Waals surface area contributed by atoms with Gasteiger partial charge in [-0.25, -0.2) is 4.79 Å². The molecule has 0 aromatic carbocycles. The van der Waals surface area contributed by atoms with Gasteiger partial charge in [0.2, 0.25) is 5.91 Å². The first kappa shape index (κ1) is 15.0. The maximum Gasteiger partial charge on any atom is 0.413 e. The van der Waals surface area contributed by atoms with Gasteiger partial charge in [-0.15, -0.1) is 0 Å². The fourth-order valence-electron chi connectivity index (χ4n) is 2.86. The number of rotatable bonds is 3. The Hall–Kier alpha value is -1.06. The van der Waals surface area contributed by atoms with E-state index in [1.54, 1.807) is 6.92 Å². The number of carbonyl (C=O) groups is 2. The summed E-state index contributed by atoms with van der Waals surface area (Å²) in [6, 6.07) is 0. The Balaban J connectivity index is 2.64. The molecule has 3 atom stereocenters. The Morgan fingerprint density at radius 3 is 2.56 bits per heavy atom. The van der Waals surface area contributed by atoms with Crippen molar-refractivity contribution >= 4 is 12.0 Å². The largest absolute Gasteiger partial charge is 0.450 e. The molecule has 0 saturated heterocycles. The van der Waals surface area contributed by atoms with E-state index in [4.69, 9.17) is 4.74 Å². The van der Waals surface area contributed by atoms with Gasteiger partial charge in [0.25, 0.3) is 0 Å². The van der Waals surface area contributed by atoms with E-state index in [0.29, 0.717) is 17.8 Å². The lowest BCUT2D eigenvalue weighted by Crippen LogP contribution is -2.42. The quantitative estimate of drug-likeness (QED) is 0.843. The fourth-order valence-corrected chi connectivity index (χ4v) is 2.86. The standard InChI is InChI=1S/C14H25NO3/c1-5-18-14(17)15-13(16)12-8-10(4)6-7-11(12)9(2)3/h9-12H,5-8H2,1-4H3,(H,15,16,17). The molecule has 4 heteroatoms. The number of ether oxygens (including phenoxy) is 1. The minimum atomic E-state index is -0.622. The molecule has 1 aliphatic carbocycles.